The molecule has 2 aromatic rings. The minimum atomic E-state index is -4.44. The van der Waals surface area contributed by atoms with Gasteiger partial charge in [0.05, 0.1) is 5.56 Å². The van der Waals surface area contributed by atoms with Crippen molar-refractivity contribution in [2.45, 2.75) is 16.4 Å². The fourth-order valence-electron chi connectivity index (χ4n) is 1.29. The van der Waals surface area contributed by atoms with Crippen molar-refractivity contribution in [2.75, 3.05) is 5.73 Å². The van der Waals surface area contributed by atoms with Crippen molar-refractivity contribution < 1.29 is 13.2 Å². The number of hydrogen-bond donors (Lipinski definition) is 1. The van der Waals surface area contributed by atoms with Crippen molar-refractivity contribution in [1.82, 2.24) is 14.5 Å². The summed E-state index contributed by atoms with van der Waals surface area (Å²) >= 11 is 1.03. The minimum absolute atomic E-state index is 0.164. The first-order valence-corrected chi connectivity index (χ1v) is 5.68. The number of hydrogen-bond acceptors (Lipinski definition) is 4. The Morgan fingerprint density at radius 2 is 2.06 bits per heavy atom. The zero-order chi connectivity index (χ0) is 13.3. The molecule has 0 saturated heterocycles. The van der Waals surface area contributed by atoms with Gasteiger partial charge in [-0.25, -0.2) is 9.97 Å². The van der Waals surface area contributed by atoms with Crippen molar-refractivity contribution >= 4 is 17.6 Å². The van der Waals surface area contributed by atoms with Crippen LogP contribution in [0.25, 0.3) is 0 Å². The quantitative estimate of drug-likeness (QED) is 0.914. The molecular formula is C10H9F3N4S. The molecule has 96 valence electrons. The van der Waals surface area contributed by atoms with Gasteiger partial charge in [0.25, 0.3) is 0 Å². The second kappa shape index (κ2) is 4.52. The summed E-state index contributed by atoms with van der Waals surface area (Å²) in [6, 6.07) is 1.76. The minimum Gasteiger partial charge on any atom is -0.384 e. The Labute approximate surface area is 105 Å². The van der Waals surface area contributed by atoms with Crippen LogP contribution in [0.15, 0.2) is 34.7 Å². The zero-order valence-corrected chi connectivity index (χ0v) is 10.1. The number of halogens is 3. The molecule has 4 nitrogen and oxygen atoms in total. The number of anilines is 1. The van der Waals surface area contributed by atoms with Gasteiger partial charge in [0, 0.05) is 19.4 Å². The molecule has 0 atom stereocenters. The molecule has 2 heterocycles. The van der Waals surface area contributed by atoms with Gasteiger partial charge in [0.15, 0.2) is 5.16 Å². The Kier molecular flexibility index (Phi) is 3.20. The SMILES string of the molecule is Cn1ccnc1Sc1cc(C(F)(F)F)cc(N)n1. The Morgan fingerprint density at radius 1 is 1.33 bits per heavy atom. The number of aromatic nitrogens is 3. The van der Waals surface area contributed by atoms with Crippen LogP contribution in [0.1, 0.15) is 5.56 Å². The third-order valence-electron chi connectivity index (χ3n) is 2.12. The molecule has 0 bridgehead atoms. The Bertz CT molecular complexity index is 564. The molecule has 0 unspecified atom stereocenters. The van der Waals surface area contributed by atoms with E-state index in [0.29, 0.717) is 5.16 Å². The maximum atomic E-state index is 12.6. The van der Waals surface area contributed by atoms with Crippen LogP contribution in [0.2, 0.25) is 0 Å². The maximum Gasteiger partial charge on any atom is 0.416 e. The maximum absolute atomic E-state index is 12.6. The number of nitrogen functional groups attached to an aromatic ring is 1. The fourth-order valence-corrected chi connectivity index (χ4v) is 2.13. The van der Waals surface area contributed by atoms with Crippen molar-refractivity contribution in [2.24, 2.45) is 7.05 Å². The lowest BCUT2D eigenvalue weighted by Crippen LogP contribution is -2.07. The second-order valence-corrected chi connectivity index (χ2v) is 4.53. The number of nitrogens with zero attached hydrogens (tertiary/aromatic N) is 3. The number of imidazole rings is 1. The lowest BCUT2D eigenvalue weighted by atomic mass is 10.2. The first kappa shape index (κ1) is 12.7. The van der Waals surface area contributed by atoms with Crippen LogP contribution in [-0.2, 0) is 13.2 Å². The molecule has 0 radical (unpaired) electrons. The van der Waals surface area contributed by atoms with Crippen molar-refractivity contribution in [1.29, 1.82) is 0 Å². The summed E-state index contributed by atoms with van der Waals surface area (Å²) in [4.78, 5) is 7.85. The standard InChI is InChI=1S/C10H9F3N4S/c1-17-3-2-15-9(17)18-8-5-6(10(11,12)13)4-7(14)16-8/h2-5H,1H3,(H2,14,16). The Hall–Kier alpha value is -1.70. The van der Waals surface area contributed by atoms with E-state index in [-0.39, 0.29) is 10.8 Å². The van der Waals surface area contributed by atoms with E-state index >= 15 is 0 Å². The van der Waals surface area contributed by atoms with E-state index in [1.165, 1.54) is 0 Å². The van der Waals surface area contributed by atoms with Crippen LogP contribution in [0, 0.1) is 0 Å². The Morgan fingerprint density at radius 3 is 2.61 bits per heavy atom. The summed E-state index contributed by atoms with van der Waals surface area (Å²) in [7, 11) is 1.74. The van der Waals surface area contributed by atoms with Crippen LogP contribution in [0.5, 0.6) is 0 Å². The number of nitrogens with two attached hydrogens (primary N) is 1. The van der Waals surface area contributed by atoms with Gasteiger partial charge in [-0.15, -0.1) is 0 Å². The normalized spacial score (nSPS) is 11.8. The summed E-state index contributed by atoms with van der Waals surface area (Å²) in [5, 5.41) is 0.706. The van der Waals surface area contributed by atoms with Crippen molar-refractivity contribution in [3.05, 3.63) is 30.1 Å². The number of pyridine rings is 1. The van der Waals surface area contributed by atoms with E-state index in [0.717, 1.165) is 23.9 Å². The highest BCUT2D eigenvalue weighted by Crippen LogP contribution is 2.33. The molecule has 8 heteroatoms. The summed E-state index contributed by atoms with van der Waals surface area (Å²) in [6.07, 6.45) is -1.19. The van der Waals surface area contributed by atoms with E-state index in [1.54, 1.807) is 24.0 Å². The van der Waals surface area contributed by atoms with Gasteiger partial charge in [-0.2, -0.15) is 13.2 Å². The van der Waals surface area contributed by atoms with Gasteiger partial charge < -0.3 is 10.3 Å². The molecule has 2 N–H and O–H groups in total. The second-order valence-electron chi connectivity index (χ2n) is 3.54. The molecule has 0 aliphatic heterocycles. The van der Waals surface area contributed by atoms with E-state index in [4.69, 9.17) is 5.73 Å². The highest BCUT2D eigenvalue weighted by Gasteiger charge is 2.31. The smallest absolute Gasteiger partial charge is 0.384 e. The summed E-state index contributed by atoms with van der Waals surface area (Å²) in [5.41, 5.74) is 4.56. The van der Waals surface area contributed by atoms with E-state index in [9.17, 15) is 13.2 Å². The van der Waals surface area contributed by atoms with E-state index in [1.807, 2.05) is 0 Å². The Balaban J connectivity index is 2.35. The van der Waals surface area contributed by atoms with Gasteiger partial charge in [-0.1, -0.05) is 0 Å². The summed E-state index contributed by atoms with van der Waals surface area (Å²) in [6.45, 7) is 0. The average molecular weight is 274 g/mol. The molecule has 0 fully saturated rings. The molecule has 0 aliphatic carbocycles. The fraction of sp³-hybridized carbons (Fsp3) is 0.200. The summed E-state index contributed by atoms with van der Waals surface area (Å²) in [5.74, 6) is -0.165. The predicted octanol–water partition coefficient (Wildman–Crippen LogP) is 2.57. The number of aryl methyl sites for hydroxylation is 1. The molecule has 0 aliphatic rings. The first-order chi connectivity index (χ1) is 8.36. The molecule has 0 saturated carbocycles. The molecule has 18 heavy (non-hydrogen) atoms. The van der Waals surface area contributed by atoms with Crippen LogP contribution < -0.4 is 5.73 Å². The zero-order valence-electron chi connectivity index (χ0n) is 9.27. The van der Waals surface area contributed by atoms with E-state index in [2.05, 4.69) is 9.97 Å². The van der Waals surface area contributed by atoms with Gasteiger partial charge in [0.2, 0.25) is 0 Å². The lowest BCUT2D eigenvalue weighted by molar-refractivity contribution is -0.137. The van der Waals surface area contributed by atoms with Gasteiger partial charge in [-0.3, -0.25) is 0 Å². The van der Waals surface area contributed by atoms with Crippen molar-refractivity contribution in [3.63, 3.8) is 0 Å². The molecule has 2 rings (SSSR count). The molecule has 0 aromatic carbocycles. The van der Waals surface area contributed by atoms with Gasteiger partial charge in [-0.05, 0) is 23.9 Å². The van der Waals surface area contributed by atoms with Gasteiger partial charge >= 0.3 is 6.18 Å². The van der Waals surface area contributed by atoms with Gasteiger partial charge in [0.1, 0.15) is 10.8 Å². The van der Waals surface area contributed by atoms with Crippen LogP contribution in [0.4, 0.5) is 19.0 Å². The molecule has 0 spiro atoms. The third kappa shape index (κ3) is 2.76. The largest absolute Gasteiger partial charge is 0.416 e. The first-order valence-electron chi connectivity index (χ1n) is 4.86. The van der Waals surface area contributed by atoms with Crippen LogP contribution >= 0.6 is 11.8 Å². The lowest BCUT2D eigenvalue weighted by Gasteiger charge is -2.09. The molecular weight excluding hydrogens is 265 g/mol. The molecule has 0 amide bonds. The molecule has 2 aromatic heterocycles. The highest BCUT2D eigenvalue weighted by molar-refractivity contribution is 7.99. The van der Waals surface area contributed by atoms with Crippen LogP contribution in [0.3, 0.4) is 0 Å². The van der Waals surface area contributed by atoms with E-state index < -0.39 is 11.7 Å². The van der Waals surface area contributed by atoms with Crippen molar-refractivity contribution in [3.8, 4) is 0 Å². The summed E-state index contributed by atoms with van der Waals surface area (Å²) < 4.78 is 39.5. The predicted molar refractivity (Wildman–Crippen MR) is 61.0 cm³/mol. The average Bonchev–Trinajstić information content (AvgIpc) is 2.62. The monoisotopic (exact) mass is 274 g/mol. The topological polar surface area (TPSA) is 56.7 Å². The third-order valence-corrected chi connectivity index (χ3v) is 3.12. The number of alkyl halides is 3. The number of rotatable bonds is 2. The highest BCUT2D eigenvalue weighted by atomic mass is 32.2. The van der Waals surface area contributed by atoms with Crippen LogP contribution in [-0.4, -0.2) is 14.5 Å².